The summed E-state index contributed by atoms with van der Waals surface area (Å²) in [5.74, 6) is -0.310. The number of hydrogen-bond acceptors (Lipinski definition) is 4. The van der Waals surface area contributed by atoms with Crippen LogP contribution in [0.5, 0.6) is 0 Å². The molecule has 0 N–H and O–H groups in total. The predicted octanol–water partition coefficient (Wildman–Crippen LogP) is 7.02. The van der Waals surface area contributed by atoms with Crippen molar-refractivity contribution in [1.29, 1.82) is 0 Å². The third-order valence-electron chi connectivity index (χ3n) is 6.23. The highest BCUT2D eigenvalue weighted by Crippen LogP contribution is 2.26. The van der Waals surface area contributed by atoms with Crippen molar-refractivity contribution in [2.45, 2.75) is 98.7 Å². The summed E-state index contributed by atoms with van der Waals surface area (Å²) in [5, 5.41) is 0. The Morgan fingerprint density at radius 2 is 1.12 bits per heavy atom. The van der Waals surface area contributed by atoms with Crippen LogP contribution in [0.4, 0.5) is 0 Å². The van der Waals surface area contributed by atoms with Gasteiger partial charge in [0.15, 0.2) is 23.8 Å². The lowest BCUT2D eigenvalue weighted by Crippen LogP contribution is -2.47. The van der Waals surface area contributed by atoms with Gasteiger partial charge >= 0.3 is 0 Å². The molecule has 4 nitrogen and oxygen atoms in total. The third-order valence-corrected chi connectivity index (χ3v) is 6.23. The monoisotopic (exact) mass is 456 g/mol. The molecule has 0 aromatic carbocycles. The van der Waals surface area contributed by atoms with Crippen molar-refractivity contribution in [3.63, 3.8) is 0 Å². The fraction of sp³-hybridized carbons (Fsp3) is 0.586. The van der Waals surface area contributed by atoms with E-state index in [9.17, 15) is 9.59 Å². The first-order chi connectivity index (χ1) is 15.6. The van der Waals surface area contributed by atoms with Gasteiger partial charge in [-0.15, -0.1) is 0 Å². The van der Waals surface area contributed by atoms with Crippen LogP contribution in [0.1, 0.15) is 86.5 Å². The van der Waals surface area contributed by atoms with Crippen LogP contribution in [0.25, 0.3) is 0 Å². The molecule has 0 unspecified atom stereocenters. The van der Waals surface area contributed by atoms with Gasteiger partial charge in [-0.05, 0) is 86.5 Å². The number of ketones is 2. The molecule has 1 aliphatic carbocycles. The zero-order valence-electron chi connectivity index (χ0n) is 22.0. The van der Waals surface area contributed by atoms with E-state index in [4.69, 9.17) is 9.47 Å². The van der Waals surface area contributed by atoms with Crippen LogP contribution in [-0.4, -0.2) is 38.0 Å². The van der Waals surface area contributed by atoms with Crippen LogP contribution < -0.4 is 0 Å². The highest BCUT2D eigenvalue weighted by Gasteiger charge is 2.41. The van der Waals surface area contributed by atoms with Crippen molar-refractivity contribution < 1.29 is 19.1 Å². The van der Waals surface area contributed by atoms with Gasteiger partial charge in [0.1, 0.15) is 0 Å². The molecule has 0 saturated carbocycles. The smallest absolute Gasteiger partial charge is 0.191 e. The highest BCUT2D eigenvalue weighted by molar-refractivity contribution is 6.16. The summed E-state index contributed by atoms with van der Waals surface area (Å²) in [4.78, 5) is 25.3. The van der Waals surface area contributed by atoms with E-state index in [0.717, 1.165) is 38.5 Å². The fourth-order valence-corrected chi connectivity index (χ4v) is 3.97. The van der Waals surface area contributed by atoms with Crippen molar-refractivity contribution in [3.05, 3.63) is 57.7 Å². The van der Waals surface area contributed by atoms with E-state index >= 15 is 0 Å². The Kier molecular flexibility index (Phi) is 13.2. The van der Waals surface area contributed by atoms with Crippen LogP contribution in [0, 0.1) is 0 Å². The maximum atomic E-state index is 12.8. The minimum absolute atomic E-state index is 0.148. The molecule has 0 heterocycles. The van der Waals surface area contributed by atoms with E-state index in [1.165, 1.54) is 36.5 Å². The quantitative estimate of drug-likeness (QED) is 0.279. The lowest BCUT2D eigenvalue weighted by atomic mass is 9.84. The normalized spacial score (nSPS) is 20.5. The maximum Gasteiger partial charge on any atom is 0.191 e. The molecule has 0 spiro atoms. The molecular formula is C29H44O4. The summed E-state index contributed by atoms with van der Waals surface area (Å²) >= 11 is 0. The molecule has 0 bridgehead atoms. The second-order valence-electron chi connectivity index (χ2n) is 9.40. The molecule has 0 amide bonds. The zero-order chi connectivity index (χ0) is 25.0. The molecule has 1 aliphatic rings. The van der Waals surface area contributed by atoms with E-state index in [2.05, 4.69) is 58.9 Å². The van der Waals surface area contributed by atoms with Crippen LogP contribution in [0.15, 0.2) is 57.7 Å². The number of Topliss-reactive ketones (excluding diaryl/α,β-unsaturated/α-hetero) is 2. The average Bonchev–Trinajstić information content (AvgIpc) is 2.75. The molecular weight excluding hydrogens is 412 g/mol. The summed E-state index contributed by atoms with van der Waals surface area (Å²) in [5.41, 5.74) is 6.51. The maximum absolute atomic E-state index is 12.8. The van der Waals surface area contributed by atoms with E-state index in [0.29, 0.717) is 17.6 Å². The Morgan fingerprint density at radius 3 is 1.58 bits per heavy atom. The summed E-state index contributed by atoms with van der Waals surface area (Å²) in [6.45, 7) is 12.5. The van der Waals surface area contributed by atoms with Gasteiger partial charge in [0, 0.05) is 25.4 Å². The Balaban J connectivity index is 2.55. The molecule has 1 rings (SSSR count). The standard InChI is InChI=1S/C29H44O4/c1-20(2)12-9-13-21(3)14-10-15-22(4)16-11-17-23(5)18-19-25-24(6)26(30)28(32-7)29(33-8)27(25)31/h12,14,16,18,28-29H,9-11,13,15,17,19H2,1-8H3/b21-14+,22-16+,23-18+/t28-,29-/m0/s1. The van der Waals surface area contributed by atoms with Gasteiger partial charge in [0.25, 0.3) is 0 Å². The molecule has 0 aromatic heterocycles. The van der Waals surface area contributed by atoms with Gasteiger partial charge in [0.05, 0.1) is 0 Å². The van der Waals surface area contributed by atoms with Crippen LogP contribution in [-0.2, 0) is 19.1 Å². The molecule has 0 aromatic rings. The largest absolute Gasteiger partial charge is 0.370 e. The van der Waals surface area contributed by atoms with Crippen molar-refractivity contribution in [2.24, 2.45) is 0 Å². The van der Waals surface area contributed by atoms with Crippen molar-refractivity contribution in [3.8, 4) is 0 Å². The van der Waals surface area contributed by atoms with Crippen LogP contribution in [0.3, 0.4) is 0 Å². The lowest BCUT2D eigenvalue weighted by Gasteiger charge is -2.29. The molecule has 184 valence electrons. The van der Waals surface area contributed by atoms with E-state index < -0.39 is 12.2 Å². The molecule has 2 atom stereocenters. The summed E-state index contributed by atoms with van der Waals surface area (Å²) in [6.07, 6.45) is 14.1. The molecule has 0 fully saturated rings. The molecule has 0 saturated heterocycles. The Bertz CT molecular complexity index is 832. The first kappa shape index (κ1) is 29.0. The third kappa shape index (κ3) is 9.77. The predicted molar refractivity (Wildman–Crippen MR) is 137 cm³/mol. The topological polar surface area (TPSA) is 52.6 Å². The second-order valence-corrected chi connectivity index (χ2v) is 9.40. The number of methoxy groups -OCH3 is 2. The molecule has 4 heteroatoms. The lowest BCUT2D eigenvalue weighted by molar-refractivity contribution is -0.146. The number of carbonyl (C=O) groups is 2. The van der Waals surface area contributed by atoms with Gasteiger partial charge in [0.2, 0.25) is 0 Å². The van der Waals surface area contributed by atoms with Crippen molar-refractivity contribution in [2.75, 3.05) is 14.2 Å². The van der Waals surface area contributed by atoms with E-state index in [-0.39, 0.29) is 11.6 Å². The second kappa shape index (κ2) is 15.0. The minimum atomic E-state index is -0.856. The number of hydrogen-bond donors (Lipinski definition) is 0. The van der Waals surface area contributed by atoms with Gasteiger partial charge in [-0.2, -0.15) is 0 Å². The Morgan fingerprint density at radius 1 is 0.697 bits per heavy atom. The summed E-state index contributed by atoms with van der Waals surface area (Å²) in [6, 6.07) is 0. The van der Waals surface area contributed by atoms with Gasteiger partial charge in [-0.25, -0.2) is 0 Å². The number of allylic oxidation sites excluding steroid dienone is 8. The van der Waals surface area contributed by atoms with Crippen LogP contribution in [0.2, 0.25) is 0 Å². The van der Waals surface area contributed by atoms with Gasteiger partial charge in [-0.3, -0.25) is 9.59 Å². The Hall–Kier alpha value is -2.04. The summed E-state index contributed by atoms with van der Waals surface area (Å²) in [7, 11) is 2.88. The number of rotatable bonds is 13. The molecule has 0 aliphatic heterocycles. The van der Waals surface area contributed by atoms with Crippen LogP contribution >= 0.6 is 0 Å². The van der Waals surface area contributed by atoms with E-state index in [1.807, 2.05) is 0 Å². The SMILES string of the molecule is CO[C@H]1C(=O)C(C)=C(C/C=C(\C)CC/C=C(\C)CC/C=C(\C)CCC=C(C)C)C(=O)[C@@H]1OC. The van der Waals surface area contributed by atoms with Gasteiger partial charge < -0.3 is 9.47 Å². The number of ether oxygens (including phenoxy) is 2. The van der Waals surface area contributed by atoms with Crippen molar-refractivity contribution >= 4 is 11.6 Å². The average molecular weight is 457 g/mol. The van der Waals surface area contributed by atoms with Gasteiger partial charge in [-0.1, -0.05) is 46.6 Å². The van der Waals surface area contributed by atoms with Crippen molar-refractivity contribution in [1.82, 2.24) is 0 Å². The Labute approximate surface area is 201 Å². The minimum Gasteiger partial charge on any atom is -0.370 e. The first-order valence-corrected chi connectivity index (χ1v) is 12.1. The summed E-state index contributed by atoms with van der Waals surface area (Å²) < 4.78 is 10.5. The molecule has 0 radical (unpaired) electrons. The number of carbonyl (C=O) groups excluding carboxylic acids is 2. The fourth-order valence-electron chi connectivity index (χ4n) is 3.97. The highest BCUT2D eigenvalue weighted by atomic mass is 16.5. The van der Waals surface area contributed by atoms with E-state index in [1.54, 1.807) is 6.92 Å². The first-order valence-electron chi connectivity index (χ1n) is 12.1. The zero-order valence-corrected chi connectivity index (χ0v) is 22.0. The molecule has 33 heavy (non-hydrogen) atoms.